The quantitative estimate of drug-likeness (QED) is 0.733. The van der Waals surface area contributed by atoms with Crippen LogP contribution < -0.4 is 5.73 Å². The highest BCUT2D eigenvalue weighted by molar-refractivity contribution is 9.10. The van der Waals surface area contributed by atoms with Crippen molar-refractivity contribution < 1.29 is 13.2 Å². The Hall–Kier alpha value is -1.29. The molecule has 14 heavy (non-hydrogen) atoms. The van der Waals surface area contributed by atoms with Crippen LogP contribution in [0.15, 0.2) is 10.7 Å². The molecular formula is C7H3BrF3N3. The zero-order valence-corrected chi connectivity index (χ0v) is 8.15. The van der Waals surface area contributed by atoms with Gasteiger partial charge < -0.3 is 5.73 Å². The summed E-state index contributed by atoms with van der Waals surface area (Å²) in [5, 5.41) is 8.44. The molecule has 0 saturated carbocycles. The van der Waals surface area contributed by atoms with Gasteiger partial charge in [-0.1, -0.05) is 0 Å². The van der Waals surface area contributed by atoms with Gasteiger partial charge in [0.05, 0.1) is 11.3 Å². The lowest BCUT2D eigenvalue weighted by molar-refractivity contribution is -0.138. The van der Waals surface area contributed by atoms with Crippen molar-refractivity contribution in [3.8, 4) is 6.07 Å². The van der Waals surface area contributed by atoms with Gasteiger partial charge in [-0.2, -0.15) is 18.4 Å². The van der Waals surface area contributed by atoms with E-state index < -0.39 is 16.3 Å². The largest absolute Gasteiger partial charge is 0.419 e. The van der Waals surface area contributed by atoms with Crippen molar-refractivity contribution >= 4 is 21.6 Å². The molecule has 1 aromatic heterocycles. The number of nitrogens with two attached hydrogens (primary N) is 1. The maximum Gasteiger partial charge on any atom is 0.419 e. The fourth-order valence-electron chi connectivity index (χ4n) is 0.795. The topological polar surface area (TPSA) is 62.7 Å². The Morgan fingerprint density at radius 2 is 2.07 bits per heavy atom. The lowest BCUT2D eigenvalue weighted by Gasteiger charge is -2.09. The predicted molar refractivity (Wildman–Crippen MR) is 46.1 cm³/mol. The van der Waals surface area contributed by atoms with E-state index in [-0.39, 0.29) is 11.4 Å². The standard InChI is InChI=1S/C7H3BrF3N3/c8-6-3(7(9,10)11)1-4(13)5(2-12)14-6/h1H,13H2. The minimum absolute atomic E-state index is 0.232. The number of hydrogen-bond acceptors (Lipinski definition) is 3. The Bertz CT molecular complexity index is 408. The molecule has 2 N–H and O–H groups in total. The summed E-state index contributed by atoms with van der Waals surface area (Å²) in [5.41, 5.74) is 3.68. The number of nitrogens with zero attached hydrogens (tertiary/aromatic N) is 2. The number of aromatic nitrogens is 1. The summed E-state index contributed by atoms with van der Waals surface area (Å²) in [6, 6.07) is 2.26. The zero-order valence-electron chi connectivity index (χ0n) is 6.56. The highest BCUT2D eigenvalue weighted by atomic mass is 79.9. The van der Waals surface area contributed by atoms with Crippen LogP contribution >= 0.6 is 15.9 Å². The third-order valence-electron chi connectivity index (χ3n) is 1.42. The van der Waals surface area contributed by atoms with E-state index in [4.69, 9.17) is 11.0 Å². The fourth-order valence-corrected chi connectivity index (χ4v) is 1.31. The molecule has 0 atom stereocenters. The highest BCUT2D eigenvalue weighted by Gasteiger charge is 2.34. The van der Waals surface area contributed by atoms with Gasteiger partial charge >= 0.3 is 6.18 Å². The first-order valence-corrected chi connectivity index (χ1v) is 4.09. The van der Waals surface area contributed by atoms with Crippen LogP contribution in [0.25, 0.3) is 0 Å². The summed E-state index contributed by atoms with van der Waals surface area (Å²) in [6.45, 7) is 0. The third kappa shape index (κ3) is 1.96. The van der Waals surface area contributed by atoms with E-state index in [9.17, 15) is 13.2 Å². The maximum absolute atomic E-state index is 12.3. The van der Waals surface area contributed by atoms with Gasteiger partial charge in [0.15, 0.2) is 5.69 Å². The van der Waals surface area contributed by atoms with E-state index in [2.05, 4.69) is 20.9 Å². The van der Waals surface area contributed by atoms with Crippen LogP contribution in [0.1, 0.15) is 11.3 Å². The van der Waals surface area contributed by atoms with Gasteiger partial charge in [0.2, 0.25) is 0 Å². The summed E-state index contributed by atoms with van der Waals surface area (Å²) < 4.78 is 36.3. The number of rotatable bonds is 0. The van der Waals surface area contributed by atoms with Gasteiger partial charge in [0.25, 0.3) is 0 Å². The Labute approximate surface area is 85.5 Å². The van der Waals surface area contributed by atoms with E-state index in [1.54, 1.807) is 6.07 Å². The van der Waals surface area contributed by atoms with E-state index in [0.717, 1.165) is 0 Å². The Balaban J connectivity index is 3.38. The van der Waals surface area contributed by atoms with Crippen molar-refractivity contribution in [3.05, 3.63) is 21.9 Å². The molecule has 1 rings (SSSR count). The van der Waals surface area contributed by atoms with Gasteiger partial charge in [-0.3, -0.25) is 0 Å². The number of nitrogen functional groups attached to an aromatic ring is 1. The first-order chi connectivity index (χ1) is 6.36. The van der Waals surface area contributed by atoms with Crippen molar-refractivity contribution in [2.45, 2.75) is 6.18 Å². The van der Waals surface area contributed by atoms with Crippen LogP contribution in [0.2, 0.25) is 0 Å². The molecule has 1 aromatic rings. The van der Waals surface area contributed by atoms with Crippen molar-refractivity contribution in [2.75, 3.05) is 5.73 Å². The third-order valence-corrected chi connectivity index (χ3v) is 2.02. The number of pyridine rings is 1. The molecule has 74 valence electrons. The smallest absolute Gasteiger partial charge is 0.396 e. The molecule has 0 bridgehead atoms. The zero-order chi connectivity index (χ0) is 10.9. The number of alkyl halides is 3. The molecule has 0 aliphatic carbocycles. The maximum atomic E-state index is 12.3. The SMILES string of the molecule is N#Cc1nc(Br)c(C(F)(F)F)cc1N. The second-order valence-corrected chi connectivity index (χ2v) is 3.13. The van der Waals surface area contributed by atoms with Crippen molar-refractivity contribution in [2.24, 2.45) is 0 Å². The van der Waals surface area contributed by atoms with Gasteiger partial charge in [-0.05, 0) is 22.0 Å². The van der Waals surface area contributed by atoms with Crippen LogP contribution in [0.5, 0.6) is 0 Å². The summed E-state index contributed by atoms with van der Waals surface area (Å²) >= 11 is 2.62. The van der Waals surface area contributed by atoms with Crippen LogP contribution in [0.3, 0.4) is 0 Å². The van der Waals surface area contributed by atoms with E-state index in [1.807, 2.05) is 0 Å². The molecule has 0 saturated heterocycles. The summed E-state index contributed by atoms with van der Waals surface area (Å²) in [5.74, 6) is 0. The summed E-state index contributed by atoms with van der Waals surface area (Å²) in [4.78, 5) is 3.37. The molecule has 3 nitrogen and oxygen atoms in total. The Morgan fingerprint density at radius 1 is 1.50 bits per heavy atom. The number of anilines is 1. The van der Waals surface area contributed by atoms with Crippen LogP contribution in [-0.2, 0) is 6.18 Å². The van der Waals surface area contributed by atoms with Crippen molar-refractivity contribution in [1.82, 2.24) is 4.98 Å². The summed E-state index contributed by atoms with van der Waals surface area (Å²) in [7, 11) is 0. The molecule has 0 aliphatic rings. The minimum Gasteiger partial charge on any atom is -0.396 e. The summed E-state index contributed by atoms with van der Waals surface area (Å²) in [6.07, 6.45) is -4.53. The van der Waals surface area contributed by atoms with Crippen LogP contribution in [0.4, 0.5) is 18.9 Å². The molecule has 0 unspecified atom stereocenters. The molecule has 0 fully saturated rings. The van der Waals surface area contributed by atoms with Gasteiger partial charge in [-0.25, -0.2) is 4.98 Å². The number of hydrogen-bond donors (Lipinski definition) is 1. The first-order valence-electron chi connectivity index (χ1n) is 3.29. The lowest BCUT2D eigenvalue weighted by Crippen LogP contribution is -2.09. The Kier molecular flexibility index (Phi) is 2.66. The molecule has 1 heterocycles. The Morgan fingerprint density at radius 3 is 2.50 bits per heavy atom. The van der Waals surface area contributed by atoms with Gasteiger partial charge in [0.1, 0.15) is 10.7 Å². The number of halogens is 4. The fraction of sp³-hybridized carbons (Fsp3) is 0.143. The monoisotopic (exact) mass is 265 g/mol. The molecule has 0 spiro atoms. The second-order valence-electron chi connectivity index (χ2n) is 2.37. The van der Waals surface area contributed by atoms with Crippen molar-refractivity contribution in [3.63, 3.8) is 0 Å². The molecular weight excluding hydrogens is 263 g/mol. The molecule has 7 heteroatoms. The van der Waals surface area contributed by atoms with E-state index in [0.29, 0.717) is 6.07 Å². The normalized spacial score (nSPS) is 11.1. The van der Waals surface area contributed by atoms with Crippen LogP contribution in [-0.4, -0.2) is 4.98 Å². The number of nitriles is 1. The van der Waals surface area contributed by atoms with Crippen LogP contribution in [0, 0.1) is 11.3 Å². The molecule has 0 aliphatic heterocycles. The lowest BCUT2D eigenvalue weighted by atomic mass is 10.2. The van der Waals surface area contributed by atoms with E-state index in [1.165, 1.54) is 0 Å². The van der Waals surface area contributed by atoms with Crippen molar-refractivity contribution in [1.29, 1.82) is 5.26 Å². The average molecular weight is 266 g/mol. The molecule has 0 amide bonds. The molecule has 0 aromatic carbocycles. The predicted octanol–water partition coefficient (Wildman–Crippen LogP) is 2.32. The van der Waals surface area contributed by atoms with Gasteiger partial charge in [0, 0.05) is 0 Å². The van der Waals surface area contributed by atoms with Gasteiger partial charge in [-0.15, -0.1) is 0 Å². The average Bonchev–Trinajstić information content (AvgIpc) is 2.06. The first kappa shape index (κ1) is 10.8. The molecule has 0 radical (unpaired) electrons. The highest BCUT2D eigenvalue weighted by Crippen LogP contribution is 2.35. The minimum atomic E-state index is -4.53. The second kappa shape index (κ2) is 3.46. The van der Waals surface area contributed by atoms with E-state index >= 15 is 0 Å².